The van der Waals surface area contributed by atoms with Crippen LogP contribution in [0.15, 0.2) is 0 Å². The van der Waals surface area contributed by atoms with Crippen LogP contribution >= 0.6 is 0 Å². The minimum absolute atomic E-state index is 0.963. The van der Waals surface area contributed by atoms with Gasteiger partial charge in [-0.3, -0.25) is 0 Å². The predicted octanol–water partition coefficient (Wildman–Crippen LogP) is 13.6. The molecular weight excluding hydrogens is 420 g/mol. The Bertz CT molecular complexity index is 359. The zero-order chi connectivity index (χ0) is 25.7. The molecule has 0 aliphatic carbocycles. The van der Waals surface area contributed by atoms with Crippen molar-refractivity contribution in [2.75, 3.05) is 0 Å². The summed E-state index contributed by atoms with van der Waals surface area (Å²) < 4.78 is 0. The highest BCUT2D eigenvalue weighted by Gasteiger charge is 2.04. The molecule has 0 spiro atoms. The fraction of sp³-hybridized carbons (Fsp3) is 1.00. The zero-order valence-electron chi connectivity index (χ0n) is 25.7. The molecule has 0 N–H and O–H groups in total. The molecule has 0 saturated heterocycles. The van der Waals surface area contributed by atoms with Crippen LogP contribution in [0.2, 0.25) is 0 Å². The second kappa shape index (κ2) is 30.2. The average Bonchev–Trinajstić information content (AvgIpc) is 2.85. The van der Waals surface area contributed by atoms with Gasteiger partial charge in [0.2, 0.25) is 0 Å². The van der Waals surface area contributed by atoms with Gasteiger partial charge in [0.05, 0.1) is 0 Å². The Morgan fingerprint density at radius 2 is 0.429 bits per heavy atom. The Balaban J connectivity index is 3.20. The van der Waals surface area contributed by atoms with Crippen molar-refractivity contribution in [3.8, 4) is 0 Å². The first-order chi connectivity index (χ1) is 17.2. The SMILES string of the molecule is CCCCCCCCCCCCCCCCCCC(C)CCCCCCCC(C)CCCCCC. The van der Waals surface area contributed by atoms with Gasteiger partial charge in [0.25, 0.3) is 0 Å². The smallest absolute Gasteiger partial charge is 0.0443 e. The first-order valence-electron chi connectivity index (χ1n) is 17.2. The van der Waals surface area contributed by atoms with E-state index in [-0.39, 0.29) is 0 Å². The Labute approximate surface area is 225 Å². The molecule has 0 nitrogen and oxygen atoms in total. The van der Waals surface area contributed by atoms with E-state index < -0.39 is 0 Å². The molecule has 0 aliphatic heterocycles. The van der Waals surface area contributed by atoms with Gasteiger partial charge in [-0.25, -0.2) is 0 Å². The van der Waals surface area contributed by atoms with Gasteiger partial charge in [0.1, 0.15) is 0 Å². The molecule has 35 heavy (non-hydrogen) atoms. The molecule has 0 bridgehead atoms. The summed E-state index contributed by atoms with van der Waals surface area (Å²) >= 11 is 0. The van der Waals surface area contributed by atoms with Gasteiger partial charge < -0.3 is 0 Å². The van der Waals surface area contributed by atoms with E-state index in [1.54, 1.807) is 0 Å². The highest BCUT2D eigenvalue weighted by molar-refractivity contribution is 4.58. The Kier molecular flexibility index (Phi) is 30.2. The summed E-state index contributed by atoms with van der Waals surface area (Å²) in [5.41, 5.74) is 0. The van der Waals surface area contributed by atoms with E-state index in [0.29, 0.717) is 0 Å². The largest absolute Gasteiger partial charge is 0.0654 e. The molecule has 0 aromatic heterocycles. The Morgan fingerprint density at radius 3 is 0.657 bits per heavy atom. The molecule has 0 fully saturated rings. The second-order valence-corrected chi connectivity index (χ2v) is 12.5. The lowest BCUT2D eigenvalue weighted by Gasteiger charge is -2.12. The van der Waals surface area contributed by atoms with Gasteiger partial charge in [-0.05, 0) is 11.8 Å². The summed E-state index contributed by atoms with van der Waals surface area (Å²) in [7, 11) is 0. The van der Waals surface area contributed by atoms with Crippen molar-refractivity contribution in [3.05, 3.63) is 0 Å². The standard InChI is InChI=1S/C35H72/c1-5-7-9-11-12-13-14-15-16-17-18-19-20-21-23-27-31-35(4)33-29-25-22-24-28-32-34(3)30-26-10-8-6-2/h34-35H,5-33H2,1-4H3. The number of unbranched alkanes of at least 4 members (excludes halogenated alkanes) is 22. The van der Waals surface area contributed by atoms with Gasteiger partial charge in [-0.1, -0.05) is 214 Å². The normalized spacial score (nSPS) is 13.4. The lowest BCUT2D eigenvalue weighted by Crippen LogP contribution is -1.96. The molecular formula is C35H72. The summed E-state index contributed by atoms with van der Waals surface area (Å²) in [6.07, 6.45) is 42.6. The lowest BCUT2D eigenvalue weighted by molar-refractivity contribution is 0.417. The van der Waals surface area contributed by atoms with Crippen LogP contribution in [0.3, 0.4) is 0 Å². The number of rotatable bonds is 30. The van der Waals surface area contributed by atoms with E-state index in [0.717, 1.165) is 11.8 Å². The van der Waals surface area contributed by atoms with Crippen molar-refractivity contribution in [1.82, 2.24) is 0 Å². The summed E-state index contributed by atoms with van der Waals surface area (Å²) in [5.74, 6) is 1.93. The van der Waals surface area contributed by atoms with E-state index in [2.05, 4.69) is 27.7 Å². The summed E-state index contributed by atoms with van der Waals surface area (Å²) in [6.45, 7) is 9.60. The Hall–Kier alpha value is 0. The fourth-order valence-corrected chi connectivity index (χ4v) is 5.77. The summed E-state index contributed by atoms with van der Waals surface area (Å²) in [6, 6.07) is 0. The maximum atomic E-state index is 2.51. The monoisotopic (exact) mass is 493 g/mol. The van der Waals surface area contributed by atoms with Crippen LogP contribution in [0.1, 0.15) is 214 Å². The van der Waals surface area contributed by atoms with Crippen LogP contribution in [0.5, 0.6) is 0 Å². The van der Waals surface area contributed by atoms with Crippen LogP contribution in [-0.2, 0) is 0 Å². The van der Waals surface area contributed by atoms with Crippen molar-refractivity contribution in [2.45, 2.75) is 214 Å². The quantitative estimate of drug-likeness (QED) is 0.0874. The van der Waals surface area contributed by atoms with Crippen LogP contribution in [0.25, 0.3) is 0 Å². The van der Waals surface area contributed by atoms with Gasteiger partial charge in [-0.2, -0.15) is 0 Å². The molecule has 0 heterocycles. The number of hydrogen-bond acceptors (Lipinski definition) is 0. The molecule has 0 heteroatoms. The minimum Gasteiger partial charge on any atom is -0.0654 e. The molecule has 0 amide bonds. The number of hydrogen-bond donors (Lipinski definition) is 0. The maximum Gasteiger partial charge on any atom is -0.0443 e. The summed E-state index contributed by atoms with van der Waals surface area (Å²) in [4.78, 5) is 0. The average molecular weight is 493 g/mol. The third-order valence-corrected chi connectivity index (χ3v) is 8.49. The van der Waals surface area contributed by atoms with E-state index in [1.807, 2.05) is 0 Å². The van der Waals surface area contributed by atoms with Gasteiger partial charge >= 0.3 is 0 Å². The van der Waals surface area contributed by atoms with Crippen LogP contribution in [-0.4, -0.2) is 0 Å². The topological polar surface area (TPSA) is 0 Å². The third kappa shape index (κ3) is 30.1. The van der Waals surface area contributed by atoms with Crippen LogP contribution in [0.4, 0.5) is 0 Å². The molecule has 0 rings (SSSR count). The molecule has 2 atom stereocenters. The lowest BCUT2D eigenvalue weighted by atomic mass is 9.94. The van der Waals surface area contributed by atoms with Gasteiger partial charge in [0, 0.05) is 0 Å². The predicted molar refractivity (Wildman–Crippen MR) is 164 cm³/mol. The molecule has 0 aromatic carbocycles. The van der Waals surface area contributed by atoms with Crippen molar-refractivity contribution in [2.24, 2.45) is 11.8 Å². The van der Waals surface area contributed by atoms with Crippen molar-refractivity contribution < 1.29 is 0 Å². The molecule has 2 unspecified atom stereocenters. The molecule has 212 valence electrons. The highest BCUT2D eigenvalue weighted by atomic mass is 14.1. The van der Waals surface area contributed by atoms with Crippen LogP contribution < -0.4 is 0 Å². The van der Waals surface area contributed by atoms with E-state index in [4.69, 9.17) is 0 Å². The highest BCUT2D eigenvalue weighted by Crippen LogP contribution is 2.21. The molecule has 0 aromatic rings. The maximum absolute atomic E-state index is 2.51. The molecule has 0 radical (unpaired) electrons. The van der Waals surface area contributed by atoms with E-state index >= 15 is 0 Å². The van der Waals surface area contributed by atoms with Crippen molar-refractivity contribution in [1.29, 1.82) is 0 Å². The van der Waals surface area contributed by atoms with E-state index in [9.17, 15) is 0 Å². The zero-order valence-corrected chi connectivity index (χ0v) is 25.7. The minimum atomic E-state index is 0.963. The van der Waals surface area contributed by atoms with E-state index in [1.165, 1.54) is 186 Å². The third-order valence-electron chi connectivity index (χ3n) is 8.49. The fourth-order valence-electron chi connectivity index (χ4n) is 5.77. The van der Waals surface area contributed by atoms with Crippen molar-refractivity contribution >= 4 is 0 Å². The first-order valence-corrected chi connectivity index (χ1v) is 17.2. The van der Waals surface area contributed by atoms with Crippen molar-refractivity contribution in [3.63, 3.8) is 0 Å². The van der Waals surface area contributed by atoms with Gasteiger partial charge in [0.15, 0.2) is 0 Å². The Morgan fingerprint density at radius 1 is 0.257 bits per heavy atom. The summed E-state index contributed by atoms with van der Waals surface area (Å²) in [5, 5.41) is 0. The molecule has 0 saturated carbocycles. The van der Waals surface area contributed by atoms with Crippen LogP contribution in [0, 0.1) is 11.8 Å². The first kappa shape index (κ1) is 35.0. The second-order valence-electron chi connectivity index (χ2n) is 12.5. The molecule has 0 aliphatic rings. The van der Waals surface area contributed by atoms with Gasteiger partial charge in [-0.15, -0.1) is 0 Å².